The van der Waals surface area contributed by atoms with E-state index in [1.165, 1.54) is 168 Å². The van der Waals surface area contributed by atoms with Gasteiger partial charge >= 0.3 is 37.9 Å². The minimum absolute atomic E-state index is 0.476. The first kappa shape index (κ1) is 53.2. The van der Waals surface area contributed by atoms with E-state index in [0.29, 0.717) is 10.8 Å². The predicted octanol–water partition coefficient (Wildman–Crippen LogP) is 18.3. The Hall–Kier alpha value is -1.79. The molecule has 2 saturated carbocycles. The maximum atomic E-state index is 4.93. The Balaban J connectivity index is 0.000000215. The van der Waals surface area contributed by atoms with Crippen LogP contribution in [0.5, 0.6) is 0 Å². The van der Waals surface area contributed by atoms with Crippen LogP contribution in [0.3, 0.4) is 0 Å². The second kappa shape index (κ2) is 25.0. The summed E-state index contributed by atoms with van der Waals surface area (Å²) in [6.45, 7) is 23.9. The van der Waals surface area contributed by atoms with Gasteiger partial charge in [0.2, 0.25) is 0 Å². The summed E-state index contributed by atoms with van der Waals surface area (Å²) in [4.78, 5) is 0. The van der Waals surface area contributed by atoms with Gasteiger partial charge in [-0.15, -0.1) is 69.1 Å². The van der Waals surface area contributed by atoms with Crippen molar-refractivity contribution in [3.05, 3.63) is 120 Å². The van der Waals surface area contributed by atoms with Crippen LogP contribution in [0.1, 0.15) is 115 Å². The van der Waals surface area contributed by atoms with Gasteiger partial charge in [-0.25, -0.2) is 0 Å². The van der Waals surface area contributed by atoms with Crippen LogP contribution in [0, 0.1) is 10.8 Å². The first-order valence-corrected chi connectivity index (χ1v) is 40.0. The predicted molar refractivity (Wildman–Crippen MR) is 293 cm³/mol. The fourth-order valence-corrected chi connectivity index (χ4v) is 12.8. The van der Waals surface area contributed by atoms with Crippen LogP contribution >= 0.6 is 17.0 Å². The van der Waals surface area contributed by atoms with E-state index in [4.69, 9.17) is 17.0 Å². The van der Waals surface area contributed by atoms with Crippen LogP contribution in [0.4, 0.5) is 0 Å². The molecule has 0 aromatic heterocycles. The molecule has 0 saturated heterocycles. The SMILES string of the molecule is CC1(Cc2cc3c(-c4ccc([Si](C)(C)C)cc4)cccc3[cH-]2)CCCCCCC1.CC1(Cc2cc3c(-c4ccc([Si](C)(C)C)cc4)cccc3[cH-]2)CCCCCCC1.C[Si]C.[Cl][Zr+2][Cl]. The average Bonchev–Trinajstić information content (AvgIpc) is 3.84. The summed E-state index contributed by atoms with van der Waals surface area (Å²) >= 11 is -0.826. The molecule has 64 heavy (non-hydrogen) atoms. The van der Waals surface area contributed by atoms with E-state index in [2.05, 4.69) is 175 Å². The fourth-order valence-electron chi connectivity index (χ4n) is 10.5. The monoisotopic (exact) mass is 1020 g/mol. The minimum atomic E-state index is -1.25. The second-order valence-electron chi connectivity index (χ2n) is 22.1. The first-order valence-electron chi connectivity index (χ1n) is 24.6. The molecule has 2 aliphatic rings. The number of rotatable bonds is 8. The molecule has 0 nitrogen and oxygen atoms in total. The topological polar surface area (TPSA) is 0 Å². The number of fused-ring (bicyclic) bond motifs is 2. The molecule has 0 N–H and O–H groups in total. The zero-order chi connectivity index (χ0) is 46.4. The molecule has 0 unspecified atom stereocenters. The molecule has 0 amide bonds. The van der Waals surface area contributed by atoms with Crippen LogP contribution < -0.4 is 10.4 Å². The maximum absolute atomic E-state index is 4.93. The molecule has 342 valence electrons. The third-order valence-electron chi connectivity index (χ3n) is 14.1. The van der Waals surface area contributed by atoms with Gasteiger partial charge in [-0.2, -0.15) is 12.1 Å². The van der Waals surface area contributed by atoms with Crippen LogP contribution in [0.15, 0.2) is 109 Å². The molecule has 0 heterocycles. The number of hydrogen-bond donors (Lipinski definition) is 0. The van der Waals surface area contributed by atoms with Crippen molar-refractivity contribution in [3.8, 4) is 22.3 Å². The molecule has 0 atom stereocenters. The van der Waals surface area contributed by atoms with E-state index < -0.39 is 37.0 Å². The van der Waals surface area contributed by atoms with Crippen molar-refractivity contribution >= 4 is 74.6 Å². The van der Waals surface area contributed by atoms with Gasteiger partial charge in [-0.1, -0.05) is 213 Å². The van der Waals surface area contributed by atoms with Gasteiger partial charge in [0.25, 0.3) is 0 Å². The van der Waals surface area contributed by atoms with Gasteiger partial charge in [0, 0.05) is 9.52 Å². The van der Waals surface area contributed by atoms with Crippen molar-refractivity contribution in [2.24, 2.45) is 10.8 Å². The first-order chi connectivity index (χ1) is 30.5. The van der Waals surface area contributed by atoms with Gasteiger partial charge in [-0.05, 0) is 60.5 Å². The Bertz CT molecular complexity index is 2110. The summed E-state index contributed by atoms with van der Waals surface area (Å²) in [6.07, 6.45) is 22.2. The van der Waals surface area contributed by atoms with E-state index in [9.17, 15) is 0 Å². The van der Waals surface area contributed by atoms with Gasteiger partial charge in [0.1, 0.15) is 0 Å². The number of halogens is 2. The summed E-state index contributed by atoms with van der Waals surface area (Å²) < 4.78 is 0. The molecule has 0 spiro atoms. The standard InChI is InChI=1S/2C28H37Si.C2H6Si.2ClH.Zr/c2*1-28(17-8-6-5-7-9-18-28)21-22-19-24-11-10-12-26(27(24)20-22)23-13-15-25(16-14-23)29(2,3)4;1-3-2;;;/h2*10-16,19-20H,5-9,17-18,21H2,1-4H3;1-2H3;2*1H;/q2*-1;;;;+4/p-2. The molecule has 6 aromatic carbocycles. The quantitative estimate of drug-likeness (QED) is 0.105. The molecule has 6 heteroatoms. The Morgan fingerprint density at radius 1 is 0.500 bits per heavy atom. The third-order valence-corrected chi connectivity index (χ3v) is 18.3. The Morgan fingerprint density at radius 2 is 0.797 bits per heavy atom. The van der Waals surface area contributed by atoms with Gasteiger partial charge < -0.3 is 0 Å². The van der Waals surface area contributed by atoms with E-state index >= 15 is 0 Å². The Morgan fingerprint density at radius 3 is 1.09 bits per heavy atom. The molecular weight excluding hydrogens is 943 g/mol. The fraction of sp³-hybridized carbons (Fsp3) is 0.483. The van der Waals surface area contributed by atoms with E-state index in [0.717, 1.165) is 9.52 Å². The van der Waals surface area contributed by atoms with Crippen LogP contribution in [-0.4, -0.2) is 25.7 Å². The van der Waals surface area contributed by atoms with Crippen LogP contribution in [0.2, 0.25) is 52.4 Å². The summed E-state index contributed by atoms with van der Waals surface area (Å²) in [5.74, 6) is 0. The molecule has 0 aliphatic heterocycles. The zero-order valence-electron chi connectivity index (χ0n) is 41.5. The molecule has 6 aromatic rings. The summed E-state index contributed by atoms with van der Waals surface area (Å²) in [5, 5.41) is 8.74. The number of benzene rings is 4. The number of hydrogen-bond acceptors (Lipinski definition) is 0. The van der Waals surface area contributed by atoms with E-state index in [1.54, 1.807) is 0 Å². The van der Waals surface area contributed by atoms with Crippen molar-refractivity contribution in [2.75, 3.05) is 0 Å². The van der Waals surface area contributed by atoms with Crippen molar-refractivity contribution in [3.63, 3.8) is 0 Å². The molecule has 2 aliphatic carbocycles. The van der Waals surface area contributed by atoms with Gasteiger partial charge in [0.05, 0.1) is 16.1 Å². The van der Waals surface area contributed by atoms with E-state index in [-0.39, 0.29) is 0 Å². The van der Waals surface area contributed by atoms with Crippen molar-refractivity contribution in [2.45, 2.75) is 169 Å². The zero-order valence-corrected chi connectivity index (χ0v) is 48.4. The molecular formula is C58H80Cl2Si3Zr. The Labute approximate surface area is 414 Å². The summed E-state index contributed by atoms with van der Waals surface area (Å²) in [5.41, 5.74) is 9.51. The summed E-state index contributed by atoms with van der Waals surface area (Å²) in [6, 6.07) is 42.3. The normalized spacial score (nSPS) is 16.6. The van der Waals surface area contributed by atoms with Crippen LogP contribution in [-0.2, 0) is 33.7 Å². The van der Waals surface area contributed by atoms with E-state index in [1.807, 2.05) is 0 Å². The van der Waals surface area contributed by atoms with Crippen molar-refractivity contribution in [1.29, 1.82) is 0 Å². The molecule has 2 radical (unpaired) electrons. The van der Waals surface area contributed by atoms with Gasteiger partial charge in [-0.3, -0.25) is 0 Å². The van der Waals surface area contributed by atoms with Gasteiger partial charge in [0.15, 0.2) is 0 Å². The average molecular weight is 1020 g/mol. The molecule has 8 rings (SSSR count). The molecule has 0 bridgehead atoms. The van der Waals surface area contributed by atoms with Crippen molar-refractivity contribution < 1.29 is 20.8 Å². The second-order valence-corrected chi connectivity index (χ2v) is 37.0. The Kier molecular flexibility index (Phi) is 20.8. The third kappa shape index (κ3) is 15.6. The summed E-state index contributed by atoms with van der Waals surface area (Å²) in [7, 11) is 8.46. The molecule has 2 fully saturated rings. The van der Waals surface area contributed by atoms with Crippen molar-refractivity contribution in [1.82, 2.24) is 0 Å². The van der Waals surface area contributed by atoms with Crippen LogP contribution in [0.25, 0.3) is 43.8 Å².